The number of hydrogen-bond donors (Lipinski definition) is 3. The number of carbonyl (C=O) groups is 4. The molecule has 16 heteroatoms. The lowest BCUT2D eigenvalue weighted by atomic mass is 9.90. The lowest BCUT2D eigenvalue weighted by Crippen LogP contribution is -2.57. The van der Waals surface area contributed by atoms with Gasteiger partial charge in [-0.15, -0.1) is 0 Å². The summed E-state index contributed by atoms with van der Waals surface area (Å²) < 4.78 is 27.2. The number of rotatable bonds is 13. The highest BCUT2D eigenvalue weighted by molar-refractivity contribution is 6.06. The first-order valence-electron chi connectivity index (χ1n) is 22.2. The maximum atomic E-state index is 14.1. The van der Waals surface area contributed by atoms with E-state index >= 15 is 0 Å². The summed E-state index contributed by atoms with van der Waals surface area (Å²) >= 11 is 0. The van der Waals surface area contributed by atoms with E-state index in [0.29, 0.717) is 44.8 Å². The Morgan fingerprint density at radius 1 is 0.922 bits per heavy atom. The molecule has 8 atom stereocenters. The first kappa shape index (κ1) is 44.6. The van der Waals surface area contributed by atoms with Crippen molar-refractivity contribution in [3.05, 3.63) is 65.6 Å². The molecule has 4 aliphatic heterocycles. The number of alkyl carbamates (subject to hydrolysis) is 2. The van der Waals surface area contributed by atoms with Gasteiger partial charge in [-0.3, -0.25) is 14.6 Å². The molecule has 0 spiro atoms. The van der Waals surface area contributed by atoms with Gasteiger partial charge in [0.15, 0.2) is 0 Å². The number of fused-ring (bicyclic) bond motifs is 6. The molecule has 2 fully saturated rings. The number of benzene rings is 3. The van der Waals surface area contributed by atoms with Crippen LogP contribution in [0.5, 0.6) is 5.75 Å². The molecule has 0 bridgehead atoms. The molecule has 3 aromatic carbocycles. The van der Waals surface area contributed by atoms with Crippen LogP contribution in [0.3, 0.4) is 0 Å². The fraction of sp³-hybridized carbons (Fsp3) is 0.500. The minimum atomic E-state index is -0.911. The van der Waals surface area contributed by atoms with Crippen LogP contribution >= 0.6 is 0 Å². The number of H-pyrrole nitrogens is 1. The molecule has 2 unspecified atom stereocenters. The fourth-order valence-electron chi connectivity index (χ4n) is 9.92. The third kappa shape index (κ3) is 8.40. The molecule has 64 heavy (non-hydrogen) atoms. The van der Waals surface area contributed by atoms with E-state index < -0.39 is 30.4 Å². The number of nitrogens with zero attached hydrogens (tertiary/aromatic N) is 4. The van der Waals surface area contributed by atoms with E-state index in [1.165, 1.54) is 21.3 Å². The first-order valence-corrected chi connectivity index (χ1v) is 22.2. The number of aromatic amines is 1. The van der Waals surface area contributed by atoms with E-state index in [1.807, 2.05) is 36.8 Å². The number of ether oxygens (including phenoxy) is 5. The summed E-state index contributed by atoms with van der Waals surface area (Å²) in [7, 11) is 5.74. The number of nitrogens with one attached hydrogen (secondary N) is 3. The predicted octanol–water partition coefficient (Wildman–Crippen LogP) is 6.86. The Morgan fingerprint density at radius 3 is 2.41 bits per heavy atom. The molecule has 5 heterocycles. The lowest BCUT2D eigenvalue weighted by molar-refractivity contribution is -0.138. The van der Waals surface area contributed by atoms with E-state index in [1.54, 1.807) is 14.0 Å². The Balaban J connectivity index is 1.02. The topological polar surface area (TPSA) is 186 Å². The van der Waals surface area contributed by atoms with Gasteiger partial charge < -0.3 is 49.1 Å². The molecule has 8 rings (SSSR count). The molecular formula is C48H59N7O9. The van der Waals surface area contributed by atoms with Gasteiger partial charge in [0.2, 0.25) is 11.8 Å². The summed E-state index contributed by atoms with van der Waals surface area (Å²) in [6.07, 6.45) is 3.46. The highest BCUT2D eigenvalue weighted by Gasteiger charge is 2.44. The van der Waals surface area contributed by atoms with Crippen LogP contribution in [0.25, 0.3) is 33.2 Å². The van der Waals surface area contributed by atoms with Crippen LogP contribution < -0.4 is 15.4 Å². The first-order chi connectivity index (χ1) is 30.9. The van der Waals surface area contributed by atoms with Crippen LogP contribution in [0.15, 0.2) is 53.7 Å². The van der Waals surface area contributed by atoms with Crippen LogP contribution in [0.4, 0.5) is 15.3 Å². The van der Waals surface area contributed by atoms with Gasteiger partial charge in [0, 0.05) is 50.4 Å². The van der Waals surface area contributed by atoms with Crippen molar-refractivity contribution < 1.29 is 42.9 Å². The molecule has 4 amide bonds. The second-order valence-corrected chi connectivity index (χ2v) is 17.6. The number of carbonyl (C=O) groups excluding carboxylic acids is 4. The Kier molecular flexibility index (Phi) is 13.0. The van der Waals surface area contributed by atoms with Crippen LogP contribution in [-0.4, -0.2) is 121 Å². The number of likely N-dealkylation sites (tertiary alicyclic amines) is 2. The Labute approximate surface area is 373 Å². The van der Waals surface area contributed by atoms with Gasteiger partial charge in [0.25, 0.3) is 0 Å². The van der Waals surface area contributed by atoms with Crippen molar-refractivity contribution in [1.82, 2.24) is 30.4 Å². The normalized spacial score (nSPS) is 21.8. The molecule has 4 aliphatic rings. The van der Waals surface area contributed by atoms with Crippen molar-refractivity contribution in [2.75, 3.05) is 41.6 Å². The molecule has 1 aromatic heterocycles. The Morgan fingerprint density at radius 2 is 1.69 bits per heavy atom. The standard InChI is InChI=1S/C48H59N7O9/c1-9-25(2)42(52-47(58)62-7)45(56)54-22-28(23-60-5)16-40(54)44-49-21-38(51-44)30-11-13-32-31(17-30)24-64-41-20-33-29(18-35(32)41)12-14-36-34(33)19-37(50-36)39-15-10-26(3)55(39)46(57)43(27(4)61-6)53-48(59)63-8/h11-14,17-18,20-21,25-28,39-40,42-43H,9-10,15-16,19,22-24H2,1-8H3,(H,49,51)(H,52,58)(H,53,59)/t25-,26-,27+,28-,39?,40?,42-,43-/m0/s1. The number of aliphatic imine (C=N–C) groups is 1. The van der Waals surface area contributed by atoms with Crippen molar-refractivity contribution in [3.8, 4) is 28.1 Å². The molecule has 4 aromatic rings. The summed E-state index contributed by atoms with van der Waals surface area (Å²) in [4.78, 5) is 69.9. The monoisotopic (exact) mass is 877 g/mol. The molecule has 0 saturated carbocycles. The van der Waals surface area contributed by atoms with Crippen molar-refractivity contribution in [2.24, 2.45) is 16.8 Å². The van der Waals surface area contributed by atoms with Gasteiger partial charge in [-0.2, -0.15) is 0 Å². The van der Waals surface area contributed by atoms with Crippen LogP contribution in [0.1, 0.15) is 76.4 Å². The van der Waals surface area contributed by atoms with E-state index in [4.69, 9.17) is 33.7 Å². The summed E-state index contributed by atoms with van der Waals surface area (Å²) in [5, 5.41) is 7.58. The highest BCUT2D eigenvalue weighted by atomic mass is 16.5. The molecule has 3 N–H and O–H groups in total. The molecule has 16 nitrogen and oxygen atoms in total. The van der Waals surface area contributed by atoms with Crippen molar-refractivity contribution in [2.45, 2.75) is 103 Å². The van der Waals surface area contributed by atoms with Gasteiger partial charge in [-0.25, -0.2) is 14.6 Å². The Bertz CT molecular complexity index is 2470. The van der Waals surface area contributed by atoms with Gasteiger partial charge in [-0.1, -0.05) is 38.5 Å². The lowest BCUT2D eigenvalue weighted by Gasteiger charge is -2.34. The number of aromatic nitrogens is 2. The van der Waals surface area contributed by atoms with E-state index in [-0.39, 0.29) is 41.8 Å². The van der Waals surface area contributed by atoms with Gasteiger partial charge >= 0.3 is 12.2 Å². The van der Waals surface area contributed by atoms with Crippen LogP contribution in [0.2, 0.25) is 0 Å². The molecule has 2 saturated heterocycles. The zero-order valence-corrected chi connectivity index (χ0v) is 37.9. The predicted molar refractivity (Wildman–Crippen MR) is 240 cm³/mol. The number of imidazole rings is 1. The van der Waals surface area contributed by atoms with Crippen molar-refractivity contribution in [1.29, 1.82) is 0 Å². The zero-order valence-electron chi connectivity index (χ0n) is 37.9. The van der Waals surface area contributed by atoms with Gasteiger partial charge in [0.05, 0.1) is 56.6 Å². The average molecular weight is 878 g/mol. The fourth-order valence-corrected chi connectivity index (χ4v) is 9.92. The van der Waals surface area contributed by atoms with E-state index in [9.17, 15) is 19.2 Å². The second kappa shape index (κ2) is 18.6. The summed E-state index contributed by atoms with van der Waals surface area (Å²) in [6, 6.07) is 12.5. The zero-order chi connectivity index (χ0) is 45.4. The van der Waals surface area contributed by atoms with Crippen LogP contribution in [0, 0.1) is 11.8 Å². The number of hydrogen-bond acceptors (Lipinski definition) is 11. The molecule has 340 valence electrons. The maximum absolute atomic E-state index is 14.1. The van der Waals surface area contributed by atoms with Crippen molar-refractivity contribution in [3.63, 3.8) is 0 Å². The molecular weight excluding hydrogens is 819 g/mol. The van der Waals surface area contributed by atoms with E-state index in [0.717, 1.165) is 74.3 Å². The van der Waals surface area contributed by atoms with Crippen molar-refractivity contribution >= 4 is 46.2 Å². The minimum absolute atomic E-state index is 0.0456. The third-order valence-electron chi connectivity index (χ3n) is 13.7. The number of methoxy groups -OCH3 is 4. The summed E-state index contributed by atoms with van der Waals surface area (Å²) in [5.74, 6) is 1.08. The molecule has 0 radical (unpaired) electrons. The highest BCUT2D eigenvalue weighted by Crippen LogP contribution is 2.45. The average Bonchev–Trinajstić information content (AvgIpc) is 4.14. The van der Waals surface area contributed by atoms with Gasteiger partial charge in [0.1, 0.15) is 30.3 Å². The van der Waals surface area contributed by atoms with Crippen LogP contribution in [-0.2, 0) is 41.6 Å². The molecule has 0 aliphatic carbocycles. The maximum Gasteiger partial charge on any atom is 0.407 e. The Hall–Kier alpha value is -6.00. The van der Waals surface area contributed by atoms with E-state index in [2.05, 4.69) is 58.1 Å². The SMILES string of the molecule is CC[C@H](C)[C@H](NC(=O)OC)C(=O)N1C[C@@H](COC)CC1c1ncc(-c2ccc3c(c2)COc2cc4c5c(ccc4cc2-3)N=C(C2CC[C@H](C)N2C(=O)[C@@H](NC(=O)OC)[C@@H](C)OC)C5)[nH]1. The summed E-state index contributed by atoms with van der Waals surface area (Å²) in [5.41, 5.74) is 7.80. The quantitative estimate of drug-likeness (QED) is 0.128. The summed E-state index contributed by atoms with van der Waals surface area (Å²) in [6.45, 7) is 9.09. The minimum Gasteiger partial charge on any atom is -0.488 e. The second-order valence-electron chi connectivity index (χ2n) is 17.6. The third-order valence-corrected chi connectivity index (χ3v) is 13.7. The largest absolute Gasteiger partial charge is 0.488 e. The smallest absolute Gasteiger partial charge is 0.407 e. The number of amides is 4. The van der Waals surface area contributed by atoms with Gasteiger partial charge in [-0.05, 0) is 96.3 Å².